The number of aliphatic hydroxyl groups excluding tert-OH is 1. The largest absolute Gasteiger partial charge is 0.391 e. The van der Waals surface area contributed by atoms with Crippen molar-refractivity contribution in [3.8, 4) is 0 Å². The van der Waals surface area contributed by atoms with Crippen molar-refractivity contribution in [2.24, 2.45) is 5.92 Å². The molecule has 0 aliphatic heterocycles. The molecule has 2 aliphatic carbocycles. The van der Waals surface area contributed by atoms with E-state index in [4.69, 9.17) is 0 Å². The van der Waals surface area contributed by atoms with Gasteiger partial charge in [0.2, 0.25) is 0 Å². The Bertz CT molecular complexity index is 261. The Hall–Kier alpha value is -0.160. The zero-order chi connectivity index (χ0) is 12.5. The summed E-state index contributed by atoms with van der Waals surface area (Å²) in [6, 6.07) is 1.13. The smallest absolute Gasteiger partial charge is 0.0725 e. The van der Waals surface area contributed by atoms with E-state index in [0.29, 0.717) is 18.0 Å². The zero-order valence-electron chi connectivity index (χ0n) is 11.3. The number of fused-ring (bicyclic) bond motifs is 1. The first-order chi connectivity index (χ1) is 8.17. The second kappa shape index (κ2) is 5.22. The summed E-state index contributed by atoms with van der Waals surface area (Å²) in [5, 5.41) is 20.7. The predicted octanol–water partition coefficient (Wildman–Crippen LogP) is 0.0754. The van der Waals surface area contributed by atoms with Gasteiger partial charge in [0.05, 0.1) is 6.10 Å². The number of hydrogen-bond acceptors (Lipinski definition) is 4. The second-order valence-electron chi connectivity index (χ2n) is 5.65. The van der Waals surface area contributed by atoms with Crippen molar-refractivity contribution >= 4 is 0 Å². The van der Waals surface area contributed by atoms with Crippen LogP contribution >= 0.6 is 0 Å². The number of likely N-dealkylation sites (N-methyl/N-ethyl adjacent to an activating group) is 1. The van der Waals surface area contributed by atoms with E-state index in [1.807, 2.05) is 21.1 Å². The van der Waals surface area contributed by atoms with Crippen molar-refractivity contribution in [1.29, 1.82) is 0 Å². The summed E-state index contributed by atoms with van der Waals surface area (Å²) >= 11 is 0. The molecule has 0 aromatic heterocycles. The van der Waals surface area contributed by atoms with Crippen molar-refractivity contribution in [3.63, 3.8) is 0 Å². The van der Waals surface area contributed by atoms with E-state index in [1.54, 1.807) is 0 Å². The lowest BCUT2D eigenvalue weighted by molar-refractivity contribution is -0.0533. The molecule has 0 aromatic carbocycles. The van der Waals surface area contributed by atoms with Crippen molar-refractivity contribution < 1.29 is 5.11 Å². The molecule has 0 radical (unpaired) electrons. The van der Waals surface area contributed by atoms with Gasteiger partial charge in [0.1, 0.15) is 0 Å². The Labute approximate surface area is 105 Å². The van der Waals surface area contributed by atoms with Crippen LogP contribution in [0.25, 0.3) is 0 Å². The van der Waals surface area contributed by atoms with Crippen LogP contribution in [0.2, 0.25) is 0 Å². The first-order valence-electron chi connectivity index (χ1n) is 6.89. The van der Waals surface area contributed by atoms with Gasteiger partial charge in [-0.2, -0.15) is 0 Å². The van der Waals surface area contributed by atoms with Crippen molar-refractivity contribution in [2.45, 2.75) is 55.8 Å². The highest BCUT2D eigenvalue weighted by atomic mass is 16.3. The molecular weight excluding hydrogens is 214 g/mol. The average molecular weight is 241 g/mol. The van der Waals surface area contributed by atoms with E-state index in [0.717, 1.165) is 32.1 Å². The maximum absolute atomic E-state index is 10.4. The zero-order valence-corrected chi connectivity index (χ0v) is 11.3. The van der Waals surface area contributed by atoms with Gasteiger partial charge in [0.15, 0.2) is 0 Å². The Morgan fingerprint density at radius 1 is 1.06 bits per heavy atom. The monoisotopic (exact) mass is 241 g/mol. The summed E-state index contributed by atoms with van der Waals surface area (Å²) in [5.41, 5.74) is -0.0702. The SMILES string of the molecule is CNC1CCC2(NC)C(O)CCC(NC)C2C1. The van der Waals surface area contributed by atoms with Crippen LogP contribution in [0.1, 0.15) is 32.1 Å². The van der Waals surface area contributed by atoms with Gasteiger partial charge >= 0.3 is 0 Å². The molecule has 0 spiro atoms. The van der Waals surface area contributed by atoms with Gasteiger partial charge in [-0.15, -0.1) is 0 Å². The van der Waals surface area contributed by atoms with Crippen LogP contribution in [-0.2, 0) is 0 Å². The molecule has 0 bridgehead atoms. The van der Waals surface area contributed by atoms with Crippen LogP contribution in [0.5, 0.6) is 0 Å². The molecule has 4 heteroatoms. The lowest BCUT2D eigenvalue weighted by Crippen LogP contribution is -2.68. The van der Waals surface area contributed by atoms with E-state index in [-0.39, 0.29) is 11.6 Å². The fourth-order valence-electron chi connectivity index (χ4n) is 4.05. The van der Waals surface area contributed by atoms with Gasteiger partial charge < -0.3 is 21.1 Å². The van der Waals surface area contributed by atoms with Crippen LogP contribution in [0.15, 0.2) is 0 Å². The fourth-order valence-corrected chi connectivity index (χ4v) is 4.05. The predicted molar refractivity (Wildman–Crippen MR) is 70.1 cm³/mol. The third-order valence-corrected chi connectivity index (χ3v) is 5.18. The summed E-state index contributed by atoms with van der Waals surface area (Å²) < 4.78 is 0. The lowest BCUT2D eigenvalue weighted by Gasteiger charge is -2.55. The summed E-state index contributed by atoms with van der Waals surface area (Å²) in [7, 11) is 6.10. The Morgan fingerprint density at radius 3 is 2.41 bits per heavy atom. The summed E-state index contributed by atoms with van der Waals surface area (Å²) in [6.45, 7) is 0. The van der Waals surface area contributed by atoms with Crippen molar-refractivity contribution in [2.75, 3.05) is 21.1 Å². The molecule has 5 unspecified atom stereocenters. The molecule has 4 nitrogen and oxygen atoms in total. The summed E-state index contributed by atoms with van der Waals surface area (Å²) in [5.74, 6) is 0.521. The van der Waals surface area contributed by atoms with Crippen LogP contribution in [0, 0.1) is 5.92 Å². The van der Waals surface area contributed by atoms with Crippen LogP contribution in [0.3, 0.4) is 0 Å². The maximum Gasteiger partial charge on any atom is 0.0725 e. The highest BCUT2D eigenvalue weighted by molar-refractivity contribution is 5.10. The molecule has 5 atom stereocenters. The van der Waals surface area contributed by atoms with E-state index >= 15 is 0 Å². The quantitative estimate of drug-likeness (QED) is 0.565. The fraction of sp³-hybridized carbons (Fsp3) is 1.00. The van der Waals surface area contributed by atoms with Gasteiger partial charge in [-0.05, 0) is 59.2 Å². The van der Waals surface area contributed by atoms with Gasteiger partial charge in [-0.25, -0.2) is 0 Å². The Morgan fingerprint density at radius 2 is 1.82 bits per heavy atom. The number of nitrogens with one attached hydrogen (secondary N) is 3. The second-order valence-corrected chi connectivity index (χ2v) is 5.65. The van der Waals surface area contributed by atoms with Gasteiger partial charge in [-0.3, -0.25) is 0 Å². The van der Waals surface area contributed by atoms with Crippen molar-refractivity contribution in [1.82, 2.24) is 16.0 Å². The summed E-state index contributed by atoms with van der Waals surface area (Å²) in [4.78, 5) is 0. The molecule has 2 fully saturated rings. The average Bonchev–Trinajstić information content (AvgIpc) is 2.38. The molecule has 2 rings (SSSR count). The number of rotatable bonds is 3. The molecule has 0 heterocycles. The van der Waals surface area contributed by atoms with Gasteiger partial charge in [0, 0.05) is 17.6 Å². The molecule has 17 heavy (non-hydrogen) atoms. The highest BCUT2D eigenvalue weighted by Gasteiger charge is 2.52. The van der Waals surface area contributed by atoms with Crippen LogP contribution < -0.4 is 16.0 Å². The first-order valence-corrected chi connectivity index (χ1v) is 6.89. The molecule has 0 saturated heterocycles. The van der Waals surface area contributed by atoms with Crippen LogP contribution in [-0.4, -0.2) is 50.0 Å². The lowest BCUT2D eigenvalue weighted by atomic mass is 9.60. The minimum absolute atomic E-state index is 0.0702. The van der Waals surface area contributed by atoms with Crippen molar-refractivity contribution in [3.05, 3.63) is 0 Å². The van der Waals surface area contributed by atoms with Gasteiger partial charge in [0.25, 0.3) is 0 Å². The molecule has 0 aromatic rings. The molecule has 0 amide bonds. The number of aliphatic hydroxyl groups is 1. The van der Waals surface area contributed by atoms with E-state index in [1.165, 1.54) is 0 Å². The molecule has 2 saturated carbocycles. The normalized spacial score (nSPS) is 46.6. The highest BCUT2D eigenvalue weighted by Crippen LogP contribution is 2.43. The summed E-state index contributed by atoms with van der Waals surface area (Å²) in [6.07, 6.45) is 5.18. The number of hydrogen-bond donors (Lipinski definition) is 4. The molecule has 2 aliphatic rings. The van der Waals surface area contributed by atoms with Crippen LogP contribution in [0.4, 0.5) is 0 Å². The topological polar surface area (TPSA) is 56.3 Å². The maximum atomic E-state index is 10.4. The van der Waals surface area contributed by atoms with E-state index < -0.39 is 0 Å². The van der Waals surface area contributed by atoms with Gasteiger partial charge in [-0.1, -0.05) is 0 Å². The third kappa shape index (κ3) is 2.12. The molecular formula is C13H27N3O. The minimum Gasteiger partial charge on any atom is -0.391 e. The molecule has 4 N–H and O–H groups in total. The Kier molecular flexibility index (Phi) is 4.08. The first kappa shape index (κ1) is 13.3. The van der Waals surface area contributed by atoms with E-state index in [2.05, 4.69) is 16.0 Å². The Balaban J connectivity index is 2.22. The minimum atomic E-state index is -0.195. The van der Waals surface area contributed by atoms with E-state index in [9.17, 15) is 5.11 Å². The molecule has 100 valence electrons. The third-order valence-electron chi connectivity index (χ3n) is 5.18. The standard InChI is InChI=1S/C13H27N3O/c1-14-9-6-7-13(16-3)10(8-9)11(15-2)4-5-12(13)17/h9-12,14-17H,4-8H2,1-3H3.